The quantitative estimate of drug-likeness (QED) is 0.612. The lowest BCUT2D eigenvalue weighted by molar-refractivity contribution is -0.130. The first-order chi connectivity index (χ1) is 14.8. The van der Waals surface area contributed by atoms with E-state index in [0.717, 1.165) is 24.4 Å². The smallest absolute Gasteiger partial charge is 0.235 e. The Morgan fingerprint density at radius 2 is 1.87 bits per heavy atom. The number of nitrogens with zero attached hydrogens (tertiary/aromatic N) is 4. The van der Waals surface area contributed by atoms with E-state index in [0.29, 0.717) is 17.5 Å². The van der Waals surface area contributed by atoms with Gasteiger partial charge >= 0.3 is 0 Å². The molecule has 1 amide bonds. The van der Waals surface area contributed by atoms with Crippen molar-refractivity contribution in [1.82, 2.24) is 19.7 Å². The van der Waals surface area contributed by atoms with Crippen LogP contribution in [-0.2, 0) is 14.6 Å². The normalized spacial score (nSPS) is 22.3. The number of thioether (sulfide) groups is 1. The summed E-state index contributed by atoms with van der Waals surface area (Å²) in [6.45, 7) is 1.84. The first kappa shape index (κ1) is 22.3. The largest absolute Gasteiger partial charge is 0.341 e. The van der Waals surface area contributed by atoms with Crippen molar-refractivity contribution < 1.29 is 13.2 Å². The van der Waals surface area contributed by atoms with E-state index >= 15 is 0 Å². The van der Waals surface area contributed by atoms with Crippen LogP contribution in [0.2, 0.25) is 0 Å². The molecule has 0 radical (unpaired) electrons. The third kappa shape index (κ3) is 5.14. The standard InChI is InChI=1S/C22H30N4O3S2/c1-16(21(27)25(2)19-13-14-31(28,29)15-19)30-22-23-20(17-9-5-3-6-10-17)26(24-22)18-11-7-4-8-12-18/h4,7-8,11-12,16-17,19H,3,5-6,9-10,13-15H2,1-2H3/t16-,19-/m0/s1. The molecular formula is C22H30N4O3S2. The molecule has 1 aliphatic heterocycles. The Hall–Kier alpha value is -1.87. The first-order valence-corrected chi connectivity index (χ1v) is 13.7. The second kappa shape index (κ2) is 9.32. The molecule has 2 heterocycles. The molecule has 0 spiro atoms. The van der Waals surface area contributed by atoms with E-state index in [9.17, 15) is 13.2 Å². The van der Waals surface area contributed by atoms with Crippen molar-refractivity contribution in [1.29, 1.82) is 0 Å². The predicted octanol–water partition coefficient (Wildman–Crippen LogP) is 3.44. The topological polar surface area (TPSA) is 85.2 Å². The van der Waals surface area contributed by atoms with Crippen LogP contribution in [0.4, 0.5) is 0 Å². The van der Waals surface area contributed by atoms with Crippen molar-refractivity contribution in [2.75, 3.05) is 18.6 Å². The second-order valence-corrected chi connectivity index (χ2v) is 12.1. The summed E-state index contributed by atoms with van der Waals surface area (Å²) in [5.41, 5.74) is 0.981. The predicted molar refractivity (Wildman–Crippen MR) is 122 cm³/mol. The number of carbonyl (C=O) groups excluding carboxylic acids is 1. The summed E-state index contributed by atoms with van der Waals surface area (Å²) >= 11 is 1.35. The van der Waals surface area contributed by atoms with E-state index in [1.165, 1.54) is 31.0 Å². The first-order valence-electron chi connectivity index (χ1n) is 11.0. The van der Waals surface area contributed by atoms with E-state index < -0.39 is 9.84 Å². The van der Waals surface area contributed by atoms with E-state index in [-0.39, 0.29) is 28.7 Å². The highest BCUT2D eigenvalue weighted by atomic mass is 32.2. The van der Waals surface area contributed by atoms with Crippen molar-refractivity contribution in [3.63, 3.8) is 0 Å². The number of hydrogen-bond acceptors (Lipinski definition) is 6. The number of amides is 1. The van der Waals surface area contributed by atoms with Crippen molar-refractivity contribution in [2.45, 2.75) is 67.8 Å². The van der Waals surface area contributed by atoms with Crippen molar-refractivity contribution >= 4 is 27.5 Å². The molecule has 1 aromatic carbocycles. The Morgan fingerprint density at radius 1 is 1.16 bits per heavy atom. The molecule has 2 atom stereocenters. The third-order valence-corrected chi connectivity index (χ3v) is 9.01. The van der Waals surface area contributed by atoms with Crippen molar-refractivity contribution in [3.05, 3.63) is 36.2 Å². The van der Waals surface area contributed by atoms with Crippen LogP contribution in [0.25, 0.3) is 5.69 Å². The van der Waals surface area contributed by atoms with Crippen LogP contribution in [0.1, 0.15) is 57.2 Å². The SMILES string of the molecule is C[C@H](Sc1nc(C2CCCCC2)n(-c2ccccc2)n1)C(=O)N(C)[C@H]1CCS(=O)(=O)C1. The number of rotatable bonds is 6. The second-order valence-electron chi connectivity index (χ2n) is 8.60. The van der Waals surface area contributed by atoms with Gasteiger partial charge in [-0.2, -0.15) is 0 Å². The minimum Gasteiger partial charge on any atom is -0.341 e. The molecule has 9 heteroatoms. The Labute approximate surface area is 188 Å². The lowest BCUT2D eigenvalue weighted by atomic mass is 9.88. The van der Waals surface area contributed by atoms with Crippen LogP contribution in [0.5, 0.6) is 0 Å². The molecule has 2 fully saturated rings. The van der Waals surface area contributed by atoms with Crippen LogP contribution >= 0.6 is 11.8 Å². The molecule has 1 saturated heterocycles. The highest BCUT2D eigenvalue weighted by molar-refractivity contribution is 8.00. The molecule has 4 rings (SSSR count). The average Bonchev–Trinajstić information content (AvgIpc) is 3.37. The van der Waals surface area contributed by atoms with Crippen LogP contribution in [-0.4, -0.2) is 63.8 Å². The number of benzene rings is 1. The van der Waals surface area contributed by atoms with Gasteiger partial charge in [0.2, 0.25) is 11.1 Å². The van der Waals surface area contributed by atoms with Crippen LogP contribution in [0.15, 0.2) is 35.5 Å². The molecule has 0 N–H and O–H groups in total. The van der Waals surface area contributed by atoms with Gasteiger partial charge in [-0.15, -0.1) is 5.10 Å². The molecule has 7 nitrogen and oxygen atoms in total. The fraction of sp³-hybridized carbons (Fsp3) is 0.591. The van der Waals surface area contributed by atoms with Gasteiger partial charge in [0, 0.05) is 19.0 Å². The Morgan fingerprint density at radius 3 is 2.52 bits per heavy atom. The molecule has 31 heavy (non-hydrogen) atoms. The molecule has 1 saturated carbocycles. The Balaban J connectivity index is 1.52. The molecular weight excluding hydrogens is 432 g/mol. The molecule has 0 bridgehead atoms. The number of hydrogen-bond donors (Lipinski definition) is 0. The highest BCUT2D eigenvalue weighted by Crippen LogP contribution is 2.34. The number of sulfone groups is 1. The van der Waals surface area contributed by atoms with Gasteiger partial charge in [-0.25, -0.2) is 18.1 Å². The lowest BCUT2D eigenvalue weighted by Gasteiger charge is -2.25. The molecule has 2 aliphatic rings. The summed E-state index contributed by atoms with van der Waals surface area (Å²) in [6.07, 6.45) is 6.42. The van der Waals surface area contributed by atoms with Gasteiger partial charge in [0.1, 0.15) is 5.82 Å². The maximum Gasteiger partial charge on any atom is 0.235 e. The maximum atomic E-state index is 13.0. The van der Waals surface area contributed by atoms with E-state index in [1.807, 2.05) is 41.9 Å². The van der Waals surface area contributed by atoms with Crippen LogP contribution in [0, 0.1) is 0 Å². The van der Waals surface area contributed by atoms with Gasteiger partial charge < -0.3 is 4.90 Å². The molecule has 2 aromatic rings. The zero-order valence-corrected chi connectivity index (χ0v) is 19.7. The van der Waals surface area contributed by atoms with Gasteiger partial charge in [-0.3, -0.25) is 4.79 Å². The number of para-hydroxylation sites is 1. The fourth-order valence-electron chi connectivity index (χ4n) is 4.49. The van der Waals surface area contributed by atoms with Gasteiger partial charge in [0.05, 0.1) is 22.4 Å². The highest BCUT2D eigenvalue weighted by Gasteiger charge is 2.35. The van der Waals surface area contributed by atoms with E-state index in [4.69, 9.17) is 10.1 Å². The van der Waals surface area contributed by atoms with Gasteiger partial charge in [-0.1, -0.05) is 49.2 Å². The van der Waals surface area contributed by atoms with Gasteiger partial charge in [0.15, 0.2) is 9.84 Å². The summed E-state index contributed by atoms with van der Waals surface area (Å²) in [5.74, 6) is 1.49. The summed E-state index contributed by atoms with van der Waals surface area (Å²) in [5, 5.41) is 4.97. The molecule has 1 aromatic heterocycles. The van der Waals surface area contributed by atoms with Crippen LogP contribution < -0.4 is 0 Å². The van der Waals surface area contributed by atoms with Crippen LogP contribution in [0.3, 0.4) is 0 Å². The third-order valence-electron chi connectivity index (χ3n) is 6.32. The summed E-state index contributed by atoms with van der Waals surface area (Å²) < 4.78 is 25.5. The summed E-state index contributed by atoms with van der Waals surface area (Å²) in [4.78, 5) is 19.4. The van der Waals surface area contributed by atoms with E-state index in [1.54, 1.807) is 11.9 Å². The monoisotopic (exact) mass is 462 g/mol. The fourth-order valence-corrected chi connectivity index (χ4v) is 7.13. The summed E-state index contributed by atoms with van der Waals surface area (Å²) in [7, 11) is -1.33. The molecule has 168 valence electrons. The number of aromatic nitrogens is 3. The zero-order valence-electron chi connectivity index (χ0n) is 18.1. The van der Waals surface area contributed by atoms with Crippen molar-refractivity contribution in [3.8, 4) is 5.69 Å². The average molecular weight is 463 g/mol. The Bertz CT molecular complexity index is 1020. The minimum atomic E-state index is -3.03. The maximum absolute atomic E-state index is 13.0. The van der Waals surface area contributed by atoms with Crippen molar-refractivity contribution in [2.24, 2.45) is 0 Å². The van der Waals surface area contributed by atoms with E-state index in [2.05, 4.69) is 0 Å². The minimum absolute atomic E-state index is 0.0549. The zero-order chi connectivity index (χ0) is 22.0. The molecule has 1 aliphatic carbocycles. The Kier molecular flexibility index (Phi) is 6.71. The van der Waals surface area contributed by atoms with Gasteiger partial charge in [-0.05, 0) is 38.3 Å². The van der Waals surface area contributed by atoms with Gasteiger partial charge in [0.25, 0.3) is 0 Å². The summed E-state index contributed by atoms with van der Waals surface area (Å²) in [6, 6.07) is 9.77. The lowest BCUT2D eigenvalue weighted by Crippen LogP contribution is -2.41. The number of carbonyl (C=O) groups is 1. The molecule has 0 unspecified atom stereocenters.